The number of hydrogen-bond acceptors (Lipinski definition) is 4. The van der Waals surface area contributed by atoms with Crippen LogP contribution in [-0.2, 0) is 6.54 Å². The van der Waals surface area contributed by atoms with Crippen LogP contribution in [0.15, 0.2) is 35.1 Å². The number of nitrogens with zero attached hydrogens (tertiary/aromatic N) is 2. The van der Waals surface area contributed by atoms with E-state index < -0.39 is 0 Å². The fourth-order valence-electron chi connectivity index (χ4n) is 2.45. The molecule has 0 fully saturated rings. The number of fused-ring (bicyclic) bond motifs is 1. The summed E-state index contributed by atoms with van der Waals surface area (Å²) in [4.78, 5) is 35.4. The number of benzene rings is 1. The highest BCUT2D eigenvalue weighted by molar-refractivity contribution is 7.13. The Morgan fingerprint density at radius 1 is 1.33 bits per heavy atom. The summed E-state index contributed by atoms with van der Waals surface area (Å²) in [7, 11) is 0. The van der Waals surface area contributed by atoms with Gasteiger partial charge in [0.25, 0.3) is 11.5 Å². The molecule has 2 heterocycles. The lowest BCUT2D eigenvalue weighted by Gasteiger charge is -2.19. The normalized spacial score (nSPS) is 11.0. The first kappa shape index (κ1) is 16.7. The van der Waals surface area contributed by atoms with Crippen LogP contribution >= 0.6 is 22.9 Å². The van der Waals surface area contributed by atoms with Crippen molar-refractivity contribution in [3.05, 3.63) is 61.3 Å². The molecule has 3 aromatic rings. The average molecular weight is 362 g/mol. The number of rotatable bonds is 4. The van der Waals surface area contributed by atoms with Crippen LogP contribution in [0, 0.1) is 6.92 Å². The van der Waals surface area contributed by atoms with E-state index in [1.54, 1.807) is 23.1 Å². The molecule has 0 unspecified atom stereocenters. The maximum atomic E-state index is 12.6. The van der Waals surface area contributed by atoms with Crippen LogP contribution in [0.25, 0.3) is 10.9 Å². The topological polar surface area (TPSA) is 66.1 Å². The molecule has 0 aliphatic carbocycles. The van der Waals surface area contributed by atoms with Gasteiger partial charge < -0.3 is 9.88 Å². The van der Waals surface area contributed by atoms with E-state index in [-0.39, 0.29) is 18.0 Å². The van der Waals surface area contributed by atoms with Crippen molar-refractivity contribution in [2.45, 2.75) is 20.4 Å². The van der Waals surface area contributed by atoms with Crippen LogP contribution in [0.2, 0.25) is 5.02 Å². The summed E-state index contributed by atoms with van der Waals surface area (Å²) in [6, 6.07) is 8.69. The number of halogens is 1. The highest BCUT2D eigenvalue weighted by Gasteiger charge is 2.17. The molecule has 2 aromatic heterocycles. The number of nitrogens with one attached hydrogen (secondary N) is 1. The Hall–Kier alpha value is -2.18. The van der Waals surface area contributed by atoms with E-state index in [1.165, 1.54) is 11.3 Å². The van der Waals surface area contributed by atoms with Crippen molar-refractivity contribution in [2.75, 3.05) is 6.54 Å². The van der Waals surface area contributed by atoms with Gasteiger partial charge in [0, 0.05) is 16.4 Å². The van der Waals surface area contributed by atoms with Crippen LogP contribution in [0.3, 0.4) is 0 Å². The third-order valence-corrected chi connectivity index (χ3v) is 4.90. The number of amides is 1. The van der Waals surface area contributed by atoms with Crippen LogP contribution in [0.1, 0.15) is 27.3 Å². The fraction of sp³-hybridized carbons (Fsp3) is 0.235. The minimum absolute atomic E-state index is 0.0653. The Morgan fingerprint density at radius 2 is 2.12 bits per heavy atom. The average Bonchev–Trinajstić information content (AvgIpc) is 2.98. The molecular weight excluding hydrogens is 346 g/mol. The summed E-state index contributed by atoms with van der Waals surface area (Å²) in [6.07, 6.45) is 0. The lowest BCUT2D eigenvalue weighted by Crippen LogP contribution is -2.31. The maximum Gasteiger partial charge on any atom is 0.264 e. The second kappa shape index (κ2) is 6.75. The largest absolute Gasteiger partial charge is 0.331 e. The molecule has 0 spiro atoms. The van der Waals surface area contributed by atoms with Crippen LogP contribution in [0.4, 0.5) is 0 Å². The Kier molecular flexibility index (Phi) is 4.69. The van der Waals surface area contributed by atoms with Gasteiger partial charge >= 0.3 is 0 Å². The van der Waals surface area contributed by atoms with Gasteiger partial charge in [0.2, 0.25) is 0 Å². The van der Waals surface area contributed by atoms with Gasteiger partial charge in [0.15, 0.2) is 0 Å². The van der Waals surface area contributed by atoms with Gasteiger partial charge in [0.05, 0.1) is 22.3 Å². The van der Waals surface area contributed by atoms with Crippen molar-refractivity contribution in [1.29, 1.82) is 0 Å². The van der Waals surface area contributed by atoms with Crippen molar-refractivity contribution < 1.29 is 4.79 Å². The van der Waals surface area contributed by atoms with Crippen molar-refractivity contribution in [3.8, 4) is 0 Å². The molecule has 0 aliphatic heterocycles. The molecule has 0 saturated heterocycles. The smallest absolute Gasteiger partial charge is 0.264 e. The summed E-state index contributed by atoms with van der Waals surface area (Å²) < 4.78 is 0. The lowest BCUT2D eigenvalue weighted by atomic mass is 10.2. The van der Waals surface area contributed by atoms with Crippen molar-refractivity contribution in [1.82, 2.24) is 14.9 Å². The molecule has 24 heavy (non-hydrogen) atoms. The molecule has 1 aromatic carbocycles. The van der Waals surface area contributed by atoms with Crippen molar-refractivity contribution in [3.63, 3.8) is 0 Å². The zero-order valence-electron chi connectivity index (χ0n) is 13.3. The fourth-order valence-corrected chi connectivity index (χ4v) is 3.45. The van der Waals surface area contributed by atoms with Gasteiger partial charge in [-0.3, -0.25) is 9.59 Å². The predicted molar refractivity (Wildman–Crippen MR) is 96.8 cm³/mol. The van der Waals surface area contributed by atoms with Crippen LogP contribution in [0.5, 0.6) is 0 Å². The van der Waals surface area contributed by atoms with E-state index >= 15 is 0 Å². The molecule has 1 amide bonds. The summed E-state index contributed by atoms with van der Waals surface area (Å²) in [5.41, 5.74) is 0.291. The molecule has 124 valence electrons. The number of carbonyl (C=O) groups is 1. The van der Waals surface area contributed by atoms with Crippen molar-refractivity contribution in [2.24, 2.45) is 0 Å². The zero-order valence-corrected chi connectivity index (χ0v) is 14.9. The molecule has 0 saturated carbocycles. The number of thiophene rings is 1. The van der Waals surface area contributed by atoms with E-state index in [0.29, 0.717) is 33.2 Å². The minimum atomic E-state index is -0.234. The van der Waals surface area contributed by atoms with Crippen LogP contribution < -0.4 is 5.56 Å². The Bertz CT molecular complexity index is 964. The lowest BCUT2D eigenvalue weighted by molar-refractivity contribution is 0.0753. The minimum Gasteiger partial charge on any atom is -0.331 e. The second-order valence-corrected chi connectivity index (χ2v) is 7.13. The molecule has 3 rings (SSSR count). The first-order chi connectivity index (χ1) is 11.5. The summed E-state index contributed by atoms with van der Waals surface area (Å²) in [5.74, 6) is 0.377. The number of H-pyrrole nitrogens is 1. The number of hydrogen-bond donors (Lipinski definition) is 1. The number of aromatic nitrogens is 2. The van der Waals surface area contributed by atoms with Crippen molar-refractivity contribution >= 4 is 39.7 Å². The SMILES string of the molecule is CCN(Cc1nc2cc(Cl)ccc2c(=O)[nH]1)C(=O)c1ccc(C)s1. The first-order valence-electron chi connectivity index (χ1n) is 7.52. The third-order valence-electron chi connectivity index (χ3n) is 3.68. The van der Waals surface area contributed by atoms with Gasteiger partial charge in [-0.1, -0.05) is 11.6 Å². The molecule has 0 radical (unpaired) electrons. The molecule has 1 N–H and O–H groups in total. The van der Waals surface area contributed by atoms with E-state index in [1.807, 2.05) is 26.0 Å². The number of carbonyl (C=O) groups excluding carboxylic acids is 1. The highest BCUT2D eigenvalue weighted by atomic mass is 35.5. The van der Waals surface area contributed by atoms with Gasteiger partial charge in [-0.05, 0) is 44.2 Å². The van der Waals surface area contributed by atoms with E-state index in [4.69, 9.17) is 11.6 Å². The van der Waals surface area contributed by atoms with E-state index in [0.717, 1.165) is 4.88 Å². The molecule has 5 nitrogen and oxygen atoms in total. The monoisotopic (exact) mass is 361 g/mol. The van der Waals surface area contributed by atoms with Gasteiger partial charge in [0.1, 0.15) is 5.82 Å². The maximum absolute atomic E-state index is 12.6. The first-order valence-corrected chi connectivity index (χ1v) is 8.71. The number of aryl methyl sites for hydroxylation is 1. The molecular formula is C17H16ClN3O2S. The predicted octanol–water partition coefficient (Wildman–Crippen LogP) is 3.61. The Morgan fingerprint density at radius 3 is 2.79 bits per heavy atom. The molecule has 7 heteroatoms. The van der Waals surface area contributed by atoms with E-state index in [2.05, 4.69) is 9.97 Å². The quantitative estimate of drug-likeness (QED) is 0.772. The Labute approximate surface area is 147 Å². The number of aromatic amines is 1. The van der Waals surface area contributed by atoms with E-state index in [9.17, 15) is 9.59 Å². The Balaban J connectivity index is 1.92. The van der Waals surface area contributed by atoms with Gasteiger partial charge in [-0.15, -0.1) is 11.3 Å². The molecule has 0 atom stereocenters. The van der Waals surface area contributed by atoms with Gasteiger partial charge in [-0.25, -0.2) is 4.98 Å². The standard InChI is InChI=1S/C17H16ClN3O2S/c1-3-21(17(23)14-7-4-10(2)24-14)9-15-19-13-8-11(18)5-6-12(13)16(22)20-15/h4-8H,3,9H2,1-2H3,(H,19,20,22). The highest BCUT2D eigenvalue weighted by Crippen LogP contribution is 2.19. The summed E-state index contributed by atoms with van der Waals surface area (Å²) in [5, 5.41) is 0.996. The molecule has 0 bridgehead atoms. The van der Waals surface area contributed by atoms with Crippen LogP contribution in [-0.4, -0.2) is 27.3 Å². The second-order valence-electron chi connectivity index (χ2n) is 5.40. The summed E-state index contributed by atoms with van der Waals surface area (Å²) in [6.45, 7) is 4.62. The summed E-state index contributed by atoms with van der Waals surface area (Å²) >= 11 is 7.43. The van der Waals surface area contributed by atoms with Gasteiger partial charge in [-0.2, -0.15) is 0 Å². The third kappa shape index (κ3) is 3.34. The zero-order chi connectivity index (χ0) is 17.3. The molecule has 0 aliphatic rings.